The van der Waals surface area contributed by atoms with E-state index in [1.807, 2.05) is 42.5 Å². The van der Waals surface area contributed by atoms with Crippen LogP contribution in [0, 0.1) is 18.5 Å². The van der Waals surface area contributed by atoms with Crippen molar-refractivity contribution in [3.05, 3.63) is 132 Å². The Balaban J connectivity index is 0.000000250. The van der Waals surface area contributed by atoms with Crippen LogP contribution in [-0.4, -0.2) is 16.6 Å². The molecule has 4 nitrogen and oxygen atoms in total. The van der Waals surface area contributed by atoms with Crippen molar-refractivity contribution in [3.8, 4) is 22.6 Å². The summed E-state index contributed by atoms with van der Waals surface area (Å²) in [6.45, 7) is 14.0. The monoisotopic (exact) mass is 795 g/mol. The van der Waals surface area contributed by atoms with Crippen molar-refractivity contribution in [2.24, 2.45) is 0 Å². The molecule has 0 amide bonds. The minimum atomic E-state index is 0. The fraction of sp³-hybridized carbons (Fsp3) is 0.286. The molecule has 0 unspecified atom stereocenters. The molecule has 0 atom stereocenters. The molecule has 3 heterocycles. The van der Waals surface area contributed by atoms with Crippen molar-refractivity contribution in [1.82, 2.24) is 9.55 Å². The van der Waals surface area contributed by atoms with Gasteiger partial charge in [-0.25, -0.2) is 0 Å². The third-order valence-electron chi connectivity index (χ3n) is 9.89. The largest absolute Gasteiger partial charge is 3.00 e. The Morgan fingerprint density at radius 3 is 2.26 bits per heavy atom. The van der Waals surface area contributed by atoms with Crippen molar-refractivity contribution in [1.29, 1.82) is 0 Å². The van der Waals surface area contributed by atoms with Gasteiger partial charge < -0.3 is 14.5 Å². The van der Waals surface area contributed by atoms with Gasteiger partial charge in [0, 0.05) is 11.9 Å². The molecular weight excluding hydrogens is 753 g/mol. The van der Waals surface area contributed by atoms with E-state index in [-0.39, 0.29) is 30.9 Å². The minimum absolute atomic E-state index is 0. The molecule has 47 heavy (non-hydrogen) atoms. The van der Waals surface area contributed by atoms with Crippen LogP contribution < -0.4 is 9.47 Å². The summed E-state index contributed by atoms with van der Waals surface area (Å²) in [6, 6.07) is 38.7. The number of nitrogens with zero attached hydrogens (tertiary/aromatic N) is 4. The Kier molecular flexibility index (Phi) is 8.76. The third kappa shape index (κ3) is 5.85. The van der Waals surface area contributed by atoms with Crippen LogP contribution >= 0.6 is 0 Å². The van der Waals surface area contributed by atoms with Gasteiger partial charge in [-0.3, -0.25) is 4.57 Å². The topological polar surface area (TPSA) is 24.9 Å². The molecule has 0 fully saturated rings. The molecule has 1 aliphatic carbocycles. The molecule has 238 valence electrons. The molecule has 1 aliphatic heterocycles. The Morgan fingerprint density at radius 1 is 0.830 bits per heavy atom. The van der Waals surface area contributed by atoms with Gasteiger partial charge in [-0.15, -0.1) is 47.5 Å². The fourth-order valence-electron chi connectivity index (χ4n) is 6.88. The Hall–Kier alpha value is -4.05. The molecule has 5 heteroatoms. The molecule has 8 rings (SSSR count). The van der Waals surface area contributed by atoms with Gasteiger partial charge in [0.2, 0.25) is 0 Å². The maximum atomic E-state index is 4.22. The third-order valence-corrected chi connectivity index (χ3v) is 9.89. The molecule has 6 aromatic rings. The number of rotatable bonds is 3. The first-order valence-electron chi connectivity index (χ1n) is 16.4. The van der Waals surface area contributed by atoms with Crippen LogP contribution in [0.3, 0.4) is 0 Å². The first-order chi connectivity index (χ1) is 22.0. The van der Waals surface area contributed by atoms with Crippen LogP contribution in [-0.2, 0) is 30.9 Å². The van der Waals surface area contributed by atoms with E-state index in [4.69, 9.17) is 0 Å². The number of benzene rings is 4. The van der Waals surface area contributed by atoms with Gasteiger partial charge in [0.05, 0.1) is 11.2 Å². The van der Waals surface area contributed by atoms with Gasteiger partial charge in [0.15, 0.2) is 0 Å². The molecular formula is C42H42IrN4+. The molecule has 4 aromatic carbocycles. The number of hydrogen-bond acceptors (Lipinski definition) is 2. The summed E-state index contributed by atoms with van der Waals surface area (Å²) in [5, 5.41) is 0. The van der Waals surface area contributed by atoms with Gasteiger partial charge in [0.1, 0.15) is 5.52 Å². The molecule has 0 radical (unpaired) electrons. The van der Waals surface area contributed by atoms with Crippen LogP contribution in [0.1, 0.15) is 77.0 Å². The smallest absolute Gasteiger partial charge is 0.404 e. The molecule has 0 bridgehead atoms. The SMILES string of the molecule is CC(C)c1ccc(-n2[c-][n+]3c4c(cccc42)N(C)c2cc4c([c-]c2-3)C(C)(C)CCC4(C)C)cc1.[Ir+3].[c-]1ccccc1-c1ccccn1. The standard InChI is InChI=1S/C31H34N3.C11H8N.Ir/c1-20(2)21-11-13-22(14-12-21)33-19-34-28-18-24-23(30(3,4)15-16-31(24,5)6)17-27(28)32(7)25-9-8-10-26(33)29(25)34;1-2-6-10(7-3-1)11-8-4-5-9-12-11;/h8-14,17,20H,15-16H2,1-7H3;1-6,8-9H;/q2*-1;+3. The summed E-state index contributed by atoms with van der Waals surface area (Å²) in [7, 11) is 2.19. The number of aromatic nitrogens is 3. The van der Waals surface area contributed by atoms with Gasteiger partial charge >= 0.3 is 20.1 Å². The zero-order valence-corrected chi connectivity index (χ0v) is 30.7. The number of imidazole rings is 1. The first kappa shape index (κ1) is 32.9. The second-order valence-electron chi connectivity index (χ2n) is 14.3. The number of pyridine rings is 1. The number of hydrogen-bond donors (Lipinski definition) is 0. The summed E-state index contributed by atoms with van der Waals surface area (Å²) in [4.78, 5) is 6.56. The van der Waals surface area contributed by atoms with E-state index in [0.29, 0.717) is 5.92 Å². The average molecular weight is 795 g/mol. The van der Waals surface area contributed by atoms with Crippen LogP contribution in [0.2, 0.25) is 0 Å². The van der Waals surface area contributed by atoms with E-state index in [1.54, 1.807) is 6.20 Å². The van der Waals surface area contributed by atoms with Crippen LogP contribution in [0.4, 0.5) is 11.4 Å². The van der Waals surface area contributed by atoms with E-state index in [2.05, 4.69) is 135 Å². The molecule has 0 spiro atoms. The Labute approximate surface area is 293 Å². The number of fused-ring (bicyclic) bond motifs is 3. The van der Waals surface area contributed by atoms with Gasteiger partial charge in [0.25, 0.3) is 6.33 Å². The fourth-order valence-corrected chi connectivity index (χ4v) is 6.88. The molecule has 2 aliphatic rings. The van der Waals surface area contributed by atoms with E-state index in [0.717, 1.165) is 28.1 Å². The van der Waals surface area contributed by atoms with Crippen LogP contribution in [0.5, 0.6) is 0 Å². The van der Waals surface area contributed by atoms with E-state index in [1.165, 1.54) is 46.4 Å². The summed E-state index contributed by atoms with van der Waals surface area (Å²) < 4.78 is 4.45. The predicted molar refractivity (Wildman–Crippen MR) is 188 cm³/mol. The zero-order chi connectivity index (χ0) is 32.2. The predicted octanol–water partition coefficient (Wildman–Crippen LogP) is 9.61. The van der Waals surface area contributed by atoms with Crippen molar-refractivity contribution in [2.75, 3.05) is 11.9 Å². The van der Waals surface area contributed by atoms with Gasteiger partial charge in [-0.2, -0.15) is 11.6 Å². The van der Waals surface area contributed by atoms with Crippen molar-refractivity contribution in [3.63, 3.8) is 0 Å². The van der Waals surface area contributed by atoms with Crippen molar-refractivity contribution in [2.45, 2.75) is 71.1 Å². The minimum Gasteiger partial charge on any atom is -0.404 e. The molecule has 0 saturated carbocycles. The van der Waals surface area contributed by atoms with E-state index in [9.17, 15) is 0 Å². The summed E-state index contributed by atoms with van der Waals surface area (Å²) in [5.41, 5.74) is 13.4. The average Bonchev–Trinajstić information content (AvgIpc) is 3.47. The second-order valence-corrected chi connectivity index (χ2v) is 14.3. The second kappa shape index (κ2) is 12.5. The molecule has 2 aromatic heterocycles. The van der Waals surface area contributed by atoms with Crippen molar-refractivity contribution >= 4 is 22.4 Å². The maximum absolute atomic E-state index is 4.22. The van der Waals surface area contributed by atoms with Gasteiger partial charge in [-0.05, 0) is 66.0 Å². The number of para-hydroxylation sites is 1. The normalized spacial score (nSPS) is 15.3. The summed E-state index contributed by atoms with van der Waals surface area (Å²) in [6.07, 6.45) is 7.87. The van der Waals surface area contributed by atoms with Gasteiger partial charge in [-0.1, -0.05) is 95.5 Å². The van der Waals surface area contributed by atoms with Crippen LogP contribution in [0.15, 0.2) is 97.2 Å². The molecule has 0 N–H and O–H groups in total. The van der Waals surface area contributed by atoms with Crippen LogP contribution in [0.25, 0.3) is 33.7 Å². The maximum Gasteiger partial charge on any atom is 3.00 e. The molecule has 0 saturated heterocycles. The van der Waals surface area contributed by atoms with E-state index < -0.39 is 0 Å². The Morgan fingerprint density at radius 2 is 1.57 bits per heavy atom. The van der Waals surface area contributed by atoms with Crippen molar-refractivity contribution < 1.29 is 24.7 Å². The zero-order valence-electron chi connectivity index (χ0n) is 28.4. The quantitative estimate of drug-likeness (QED) is 0.132. The summed E-state index contributed by atoms with van der Waals surface area (Å²) >= 11 is 0. The summed E-state index contributed by atoms with van der Waals surface area (Å²) in [5.74, 6) is 0.520. The number of anilines is 2. The van der Waals surface area contributed by atoms with E-state index >= 15 is 0 Å². The Bertz CT molecular complexity index is 1990. The first-order valence-corrected chi connectivity index (χ1v) is 16.4.